The van der Waals surface area contributed by atoms with Crippen LogP contribution in [0.5, 0.6) is 0 Å². The van der Waals surface area contributed by atoms with Crippen LogP contribution in [0.1, 0.15) is 355 Å². The lowest BCUT2D eigenvalue weighted by molar-refractivity contribution is -0.167. The zero-order valence-electron chi connectivity index (χ0n) is 54.9. The maximum absolute atomic E-state index is 13.0. The van der Waals surface area contributed by atoms with Gasteiger partial charge < -0.3 is 14.2 Å². The van der Waals surface area contributed by atoms with Crippen molar-refractivity contribution >= 4 is 17.9 Å². The Morgan fingerprint density at radius 2 is 0.470 bits per heavy atom. The predicted molar refractivity (Wildman–Crippen MR) is 362 cm³/mol. The summed E-state index contributed by atoms with van der Waals surface area (Å²) in [6.45, 7) is 6.53. The van der Waals surface area contributed by atoms with Gasteiger partial charge in [-0.2, -0.15) is 0 Å². The maximum atomic E-state index is 13.0. The first-order valence-corrected chi connectivity index (χ1v) is 35.7. The number of unbranched alkanes of at least 4 members (excludes halogenated alkanes) is 38. The van der Waals surface area contributed by atoms with E-state index in [2.05, 4.69) is 118 Å². The van der Waals surface area contributed by atoms with Crippen LogP contribution in [0.2, 0.25) is 0 Å². The van der Waals surface area contributed by atoms with Gasteiger partial charge in [-0.1, -0.05) is 311 Å². The highest BCUT2D eigenvalue weighted by atomic mass is 16.6. The van der Waals surface area contributed by atoms with E-state index in [-0.39, 0.29) is 31.1 Å². The van der Waals surface area contributed by atoms with E-state index in [4.69, 9.17) is 14.2 Å². The van der Waals surface area contributed by atoms with E-state index in [1.807, 2.05) is 0 Å². The van der Waals surface area contributed by atoms with Crippen LogP contribution in [0.15, 0.2) is 97.2 Å². The summed E-state index contributed by atoms with van der Waals surface area (Å²) in [6, 6.07) is 0. The summed E-state index contributed by atoms with van der Waals surface area (Å²) in [6.07, 6.45) is 95.7. The lowest BCUT2D eigenvalue weighted by atomic mass is 10.0. The number of rotatable bonds is 65. The summed E-state index contributed by atoms with van der Waals surface area (Å²) in [5, 5.41) is 0. The molecule has 1 atom stereocenters. The molecule has 0 aromatic heterocycles. The van der Waals surface area contributed by atoms with Crippen molar-refractivity contribution in [2.75, 3.05) is 13.2 Å². The molecule has 0 spiro atoms. The summed E-state index contributed by atoms with van der Waals surface area (Å²) < 4.78 is 17.0. The van der Waals surface area contributed by atoms with Crippen molar-refractivity contribution in [3.05, 3.63) is 97.2 Å². The van der Waals surface area contributed by atoms with Gasteiger partial charge in [0.1, 0.15) is 13.2 Å². The Hall–Kier alpha value is -3.67. The first-order valence-electron chi connectivity index (χ1n) is 35.7. The van der Waals surface area contributed by atoms with E-state index in [1.54, 1.807) is 0 Å². The summed E-state index contributed by atoms with van der Waals surface area (Å²) in [5.74, 6) is -0.875. The molecule has 6 heteroatoms. The summed E-state index contributed by atoms with van der Waals surface area (Å²) in [5.41, 5.74) is 0. The van der Waals surface area contributed by atoms with Crippen LogP contribution >= 0.6 is 0 Å². The Morgan fingerprint density at radius 1 is 0.253 bits per heavy atom. The van der Waals surface area contributed by atoms with E-state index in [1.165, 1.54) is 212 Å². The van der Waals surface area contributed by atoms with Gasteiger partial charge in [0.05, 0.1) is 0 Å². The molecule has 6 nitrogen and oxygen atoms in total. The second-order valence-corrected chi connectivity index (χ2v) is 23.8. The minimum atomic E-state index is -0.786. The minimum absolute atomic E-state index is 0.0799. The van der Waals surface area contributed by atoms with Gasteiger partial charge in [0.25, 0.3) is 0 Å². The van der Waals surface area contributed by atoms with E-state index in [9.17, 15) is 14.4 Å². The molecule has 0 aliphatic carbocycles. The molecule has 0 aliphatic heterocycles. The van der Waals surface area contributed by atoms with E-state index in [0.717, 1.165) is 103 Å². The number of carbonyl (C=O) groups excluding carboxylic acids is 3. The second-order valence-electron chi connectivity index (χ2n) is 23.8. The first kappa shape index (κ1) is 79.3. The normalized spacial score (nSPS) is 12.7. The van der Waals surface area contributed by atoms with Crippen LogP contribution in [-0.4, -0.2) is 37.2 Å². The molecule has 0 rings (SSSR count). The van der Waals surface area contributed by atoms with Gasteiger partial charge in [0.15, 0.2) is 6.10 Å². The standard InChI is InChI=1S/C77H134O6/c1-4-7-10-13-16-19-22-25-28-31-33-35-36-37-38-39-40-42-43-46-49-52-55-58-61-64-67-70-76(79)82-73-74(72-81-75(78)69-66-63-60-57-54-51-48-45-30-27-24-21-18-15-12-9-6-3)83-77(80)71-68-65-62-59-56-53-50-47-44-41-34-32-29-26-23-20-17-14-11-8-5-2/h7,10,16,18-19,21,23,25-28,30,32-35,74H,4-6,8-9,11-15,17,20,22,24,29,31,36-73H2,1-3H3/b10-7-,19-16-,21-18-,26-23-,28-25-,30-27-,34-32-,35-33-. The molecule has 0 saturated heterocycles. The third-order valence-corrected chi connectivity index (χ3v) is 15.5. The highest BCUT2D eigenvalue weighted by Crippen LogP contribution is 2.17. The highest BCUT2D eigenvalue weighted by Gasteiger charge is 2.19. The van der Waals surface area contributed by atoms with Gasteiger partial charge in [0, 0.05) is 19.3 Å². The Labute approximate surface area is 515 Å². The zero-order chi connectivity index (χ0) is 59.9. The SMILES string of the molecule is CC/C=C\C/C=C\C/C=C\C/C=C\CCCCCCCCCCCCCCCCC(=O)OCC(COC(=O)CCCCCCCCC/C=C\C/C=C\CCCCC)OC(=O)CCCCCCCCCCC/C=C\C/C=C\CCCCCCC. The molecule has 0 bridgehead atoms. The quantitative estimate of drug-likeness (QED) is 0.0261. The summed E-state index contributed by atoms with van der Waals surface area (Å²) >= 11 is 0. The number of hydrogen-bond donors (Lipinski definition) is 0. The molecule has 83 heavy (non-hydrogen) atoms. The third-order valence-electron chi connectivity index (χ3n) is 15.5. The zero-order valence-corrected chi connectivity index (χ0v) is 54.9. The lowest BCUT2D eigenvalue weighted by Gasteiger charge is -2.18. The molecule has 0 fully saturated rings. The van der Waals surface area contributed by atoms with Gasteiger partial charge >= 0.3 is 17.9 Å². The van der Waals surface area contributed by atoms with Gasteiger partial charge in [-0.05, 0) is 122 Å². The molecule has 0 aromatic carbocycles. The smallest absolute Gasteiger partial charge is 0.306 e. The van der Waals surface area contributed by atoms with Crippen LogP contribution < -0.4 is 0 Å². The van der Waals surface area contributed by atoms with Crippen molar-refractivity contribution in [2.45, 2.75) is 361 Å². The molecular weight excluding hydrogens is 1020 g/mol. The minimum Gasteiger partial charge on any atom is -0.462 e. The fourth-order valence-corrected chi connectivity index (χ4v) is 10.2. The topological polar surface area (TPSA) is 78.9 Å². The van der Waals surface area contributed by atoms with Crippen molar-refractivity contribution < 1.29 is 28.6 Å². The molecular formula is C77H134O6. The molecule has 0 N–H and O–H groups in total. The van der Waals surface area contributed by atoms with Gasteiger partial charge in [-0.3, -0.25) is 14.4 Å². The van der Waals surface area contributed by atoms with Crippen molar-refractivity contribution in [1.29, 1.82) is 0 Å². The van der Waals surface area contributed by atoms with Gasteiger partial charge in [-0.15, -0.1) is 0 Å². The predicted octanol–water partition coefficient (Wildman–Crippen LogP) is 24.8. The molecule has 478 valence electrons. The number of ether oxygens (including phenoxy) is 3. The molecule has 0 aromatic rings. The fraction of sp³-hybridized carbons (Fsp3) is 0.753. The molecule has 0 aliphatic rings. The van der Waals surface area contributed by atoms with E-state index in [0.29, 0.717) is 19.3 Å². The van der Waals surface area contributed by atoms with Crippen molar-refractivity contribution in [3.8, 4) is 0 Å². The summed E-state index contributed by atoms with van der Waals surface area (Å²) in [4.78, 5) is 38.5. The van der Waals surface area contributed by atoms with Crippen molar-refractivity contribution in [2.24, 2.45) is 0 Å². The monoisotopic (exact) mass is 1160 g/mol. The van der Waals surface area contributed by atoms with Crippen LogP contribution in [-0.2, 0) is 28.6 Å². The average molecular weight is 1160 g/mol. The molecule has 0 saturated carbocycles. The Bertz CT molecular complexity index is 1610. The number of esters is 3. The van der Waals surface area contributed by atoms with E-state index >= 15 is 0 Å². The van der Waals surface area contributed by atoms with Gasteiger partial charge in [0.2, 0.25) is 0 Å². The molecule has 0 radical (unpaired) electrons. The van der Waals surface area contributed by atoms with Gasteiger partial charge in [-0.25, -0.2) is 0 Å². The number of allylic oxidation sites excluding steroid dienone is 16. The van der Waals surface area contributed by atoms with Crippen LogP contribution in [0.3, 0.4) is 0 Å². The highest BCUT2D eigenvalue weighted by molar-refractivity contribution is 5.71. The Balaban J connectivity index is 4.33. The lowest BCUT2D eigenvalue weighted by Crippen LogP contribution is -2.30. The summed E-state index contributed by atoms with van der Waals surface area (Å²) in [7, 11) is 0. The Morgan fingerprint density at radius 3 is 0.759 bits per heavy atom. The average Bonchev–Trinajstić information content (AvgIpc) is 3.49. The number of carbonyl (C=O) groups is 3. The van der Waals surface area contributed by atoms with E-state index < -0.39 is 6.10 Å². The fourth-order valence-electron chi connectivity index (χ4n) is 10.2. The number of hydrogen-bond acceptors (Lipinski definition) is 6. The second kappa shape index (κ2) is 70.8. The molecule has 0 amide bonds. The third kappa shape index (κ3) is 69.0. The first-order chi connectivity index (χ1) is 41.0. The van der Waals surface area contributed by atoms with Crippen molar-refractivity contribution in [3.63, 3.8) is 0 Å². The molecule has 1 unspecified atom stereocenters. The molecule has 0 heterocycles. The van der Waals surface area contributed by atoms with Crippen LogP contribution in [0.4, 0.5) is 0 Å². The van der Waals surface area contributed by atoms with Crippen LogP contribution in [0.25, 0.3) is 0 Å². The maximum Gasteiger partial charge on any atom is 0.306 e. The van der Waals surface area contributed by atoms with Crippen molar-refractivity contribution in [1.82, 2.24) is 0 Å². The largest absolute Gasteiger partial charge is 0.462 e. The van der Waals surface area contributed by atoms with Crippen LogP contribution in [0, 0.1) is 0 Å². The Kier molecular flexibility index (Phi) is 67.7.